The number of carbonyl (C=O) groups excluding carboxylic acids is 2. The molecule has 0 spiro atoms. The molecule has 2 amide bonds. The molecule has 1 aromatic heterocycles. The van der Waals surface area contributed by atoms with Gasteiger partial charge < -0.3 is 10.2 Å². The zero-order valence-corrected chi connectivity index (χ0v) is 16.8. The first-order valence-corrected chi connectivity index (χ1v) is 10.1. The van der Waals surface area contributed by atoms with Gasteiger partial charge in [-0.1, -0.05) is 24.3 Å². The zero-order chi connectivity index (χ0) is 21.8. The predicted octanol–water partition coefficient (Wildman–Crippen LogP) is 3.32. The van der Waals surface area contributed by atoms with Crippen LogP contribution in [0.2, 0.25) is 0 Å². The molecule has 0 aliphatic carbocycles. The molecule has 1 saturated heterocycles. The maximum Gasteiger partial charge on any atom is 0.274 e. The minimum Gasteiger partial charge on any atom is -0.352 e. The number of benzene rings is 2. The van der Waals surface area contributed by atoms with E-state index in [-0.39, 0.29) is 34.9 Å². The quantitative estimate of drug-likeness (QED) is 0.683. The molecule has 2 aromatic carbocycles. The number of piperidine rings is 1. The van der Waals surface area contributed by atoms with E-state index < -0.39 is 5.82 Å². The monoisotopic (exact) mass is 424 g/mol. The lowest BCUT2D eigenvalue weighted by molar-refractivity contribution is -0.126. The lowest BCUT2D eigenvalue weighted by Crippen LogP contribution is -2.43. The summed E-state index contributed by atoms with van der Waals surface area (Å²) in [6.07, 6.45) is 2.66. The van der Waals surface area contributed by atoms with Gasteiger partial charge in [-0.2, -0.15) is 5.10 Å². The van der Waals surface area contributed by atoms with E-state index in [1.54, 1.807) is 47.5 Å². The van der Waals surface area contributed by atoms with Crippen LogP contribution in [0.5, 0.6) is 0 Å². The molecule has 2 heterocycles. The zero-order valence-electron chi connectivity index (χ0n) is 16.8. The molecule has 1 aliphatic rings. The maximum absolute atomic E-state index is 13.9. The summed E-state index contributed by atoms with van der Waals surface area (Å²) >= 11 is 0. The Labute approximate surface area is 178 Å². The highest BCUT2D eigenvalue weighted by atomic mass is 19.1. The van der Waals surface area contributed by atoms with E-state index in [1.807, 2.05) is 0 Å². The first kappa shape index (κ1) is 20.7. The molecule has 0 saturated carbocycles. The predicted molar refractivity (Wildman–Crippen MR) is 110 cm³/mol. The first-order chi connectivity index (χ1) is 15.0. The van der Waals surface area contributed by atoms with Gasteiger partial charge in [-0.05, 0) is 48.7 Å². The molecule has 1 N–H and O–H groups in total. The highest BCUT2D eigenvalue weighted by Gasteiger charge is 2.28. The lowest BCUT2D eigenvalue weighted by atomic mass is 9.95. The van der Waals surface area contributed by atoms with Crippen LogP contribution in [0.1, 0.15) is 28.9 Å². The number of amides is 2. The molecular weight excluding hydrogens is 402 g/mol. The van der Waals surface area contributed by atoms with Crippen LogP contribution in [0.15, 0.2) is 60.8 Å². The van der Waals surface area contributed by atoms with Crippen LogP contribution in [0, 0.1) is 17.6 Å². The summed E-state index contributed by atoms with van der Waals surface area (Å²) in [7, 11) is 0. The number of hydrogen-bond donors (Lipinski definition) is 1. The van der Waals surface area contributed by atoms with Gasteiger partial charge in [0.2, 0.25) is 5.91 Å². The molecule has 0 radical (unpaired) electrons. The van der Waals surface area contributed by atoms with Crippen molar-refractivity contribution < 1.29 is 18.4 Å². The molecule has 0 bridgehead atoms. The second kappa shape index (κ2) is 9.07. The van der Waals surface area contributed by atoms with Crippen LogP contribution >= 0.6 is 0 Å². The van der Waals surface area contributed by atoms with Crippen molar-refractivity contribution in [3.05, 3.63) is 83.7 Å². The third-order valence-corrected chi connectivity index (χ3v) is 5.44. The molecule has 160 valence electrons. The number of hydrogen-bond acceptors (Lipinski definition) is 3. The molecule has 4 rings (SSSR count). The second-order valence-corrected chi connectivity index (χ2v) is 7.51. The van der Waals surface area contributed by atoms with Gasteiger partial charge in [-0.25, -0.2) is 13.5 Å². The van der Waals surface area contributed by atoms with E-state index in [2.05, 4.69) is 10.4 Å². The number of nitrogens with zero attached hydrogens (tertiary/aromatic N) is 3. The molecule has 1 fully saturated rings. The van der Waals surface area contributed by atoms with E-state index in [0.717, 1.165) is 5.56 Å². The average molecular weight is 424 g/mol. The van der Waals surface area contributed by atoms with E-state index in [1.165, 1.54) is 22.9 Å². The van der Waals surface area contributed by atoms with Gasteiger partial charge >= 0.3 is 0 Å². The molecule has 0 atom stereocenters. The largest absolute Gasteiger partial charge is 0.352 e. The van der Waals surface area contributed by atoms with Crippen LogP contribution in [0.25, 0.3) is 5.69 Å². The molecule has 8 heteroatoms. The van der Waals surface area contributed by atoms with E-state index in [4.69, 9.17) is 0 Å². The van der Waals surface area contributed by atoms with Crippen molar-refractivity contribution >= 4 is 11.8 Å². The van der Waals surface area contributed by atoms with Crippen molar-refractivity contribution in [2.45, 2.75) is 19.4 Å². The minimum absolute atomic E-state index is 0.0692. The Morgan fingerprint density at radius 1 is 1.00 bits per heavy atom. The van der Waals surface area contributed by atoms with Crippen molar-refractivity contribution in [2.75, 3.05) is 13.1 Å². The van der Waals surface area contributed by atoms with Crippen molar-refractivity contribution in [3.8, 4) is 5.69 Å². The normalized spacial score (nSPS) is 14.5. The van der Waals surface area contributed by atoms with Crippen molar-refractivity contribution in [1.29, 1.82) is 0 Å². The van der Waals surface area contributed by atoms with Crippen LogP contribution in [0.4, 0.5) is 8.78 Å². The Balaban J connectivity index is 1.30. The van der Waals surface area contributed by atoms with Gasteiger partial charge in [-0.15, -0.1) is 0 Å². The summed E-state index contributed by atoms with van der Waals surface area (Å²) in [4.78, 5) is 26.9. The fraction of sp³-hybridized carbons (Fsp3) is 0.261. The molecule has 31 heavy (non-hydrogen) atoms. The Hall–Kier alpha value is -3.55. The third-order valence-electron chi connectivity index (χ3n) is 5.44. The molecule has 1 aliphatic heterocycles. The number of aromatic nitrogens is 2. The van der Waals surface area contributed by atoms with Crippen LogP contribution in [0.3, 0.4) is 0 Å². The smallest absolute Gasteiger partial charge is 0.274 e. The Bertz CT molecular complexity index is 1070. The Morgan fingerprint density at radius 3 is 2.42 bits per heavy atom. The number of halogens is 2. The number of carbonyl (C=O) groups is 2. The first-order valence-electron chi connectivity index (χ1n) is 10.1. The number of rotatable bonds is 5. The van der Waals surface area contributed by atoms with E-state index >= 15 is 0 Å². The van der Waals surface area contributed by atoms with E-state index in [0.29, 0.717) is 32.5 Å². The molecule has 3 aromatic rings. The summed E-state index contributed by atoms with van der Waals surface area (Å²) in [6, 6.07) is 13.8. The van der Waals surface area contributed by atoms with Crippen molar-refractivity contribution in [1.82, 2.24) is 20.0 Å². The van der Waals surface area contributed by atoms with Crippen LogP contribution in [-0.4, -0.2) is 39.6 Å². The number of para-hydroxylation sites is 1. The highest BCUT2D eigenvalue weighted by Crippen LogP contribution is 2.20. The summed E-state index contributed by atoms with van der Waals surface area (Å²) in [5, 5.41) is 7.09. The molecular formula is C23H22F2N4O2. The highest BCUT2D eigenvalue weighted by molar-refractivity contribution is 5.92. The maximum atomic E-state index is 13.9. The standard InChI is InChI=1S/C23H22F2N4O2/c24-18-7-5-16(6-8-18)15-26-22(30)17-9-12-28(13-10-17)23(31)20-11-14-29(27-20)21-4-2-1-3-19(21)25/h1-8,11,14,17H,9-10,12-13,15H2,(H,26,30). The third kappa shape index (κ3) is 4.79. The molecule has 0 unspecified atom stereocenters. The Kier molecular flexibility index (Phi) is 6.06. The van der Waals surface area contributed by atoms with Gasteiger partial charge in [0, 0.05) is 31.7 Å². The fourth-order valence-electron chi connectivity index (χ4n) is 3.65. The van der Waals surface area contributed by atoms with Gasteiger partial charge in [0.25, 0.3) is 5.91 Å². The summed E-state index contributed by atoms with van der Waals surface area (Å²) in [6.45, 7) is 1.23. The van der Waals surface area contributed by atoms with Crippen molar-refractivity contribution in [3.63, 3.8) is 0 Å². The number of nitrogens with one attached hydrogen (secondary N) is 1. The summed E-state index contributed by atoms with van der Waals surface area (Å²) in [5.41, 5.74) is 1.34. The second-order valence-electron chi connectivity index (χ2n) is 7.51. The van der Waals surface area contributed by atoms with Crippen LogP contribution < -0.4 is 5.32 Å². The Morgan fingerprint density at radius 2 is 1.71 bits per heavy atom. The van der Waals surface area contributed by atoms with Gasteiger partial charge in [0.1, 0.15) is 17.3 Å². The van der Waals surface area contributed by atoms with Crippen molar-refractivity contribution in [2.24, 2.45) is 5.92 Å². The van der Waals surface area contributed by atoms with Crippen LogP contribution in [-0.2, 0) is 11.3 Å². The van der Waals surface area contributed by atoms with Gasteiger partial charge in [0.15, 0.2) is 5.69 Å². The minimum atomic E-state index is -0.419. The summed E-state index contributed by atoms with van der Waals surface area (Å²) in [5.74, 6) is -1.22. The average Bonchev–Trinajstić information content (AvgIpc) is 3.28. The van der Waals surface area contributed by atoms with E-state index in [9.17, 15) is 18.4 Å². The topological polar surface area (TPSA) is 67.2 Å². The molecule has 6 nitrogen and oxygen atoms in total. The number of likely N-dealkylation sites (tertiary alicyclic amines) is 1. The SMILES string of the molecule is O=C(NCc1ccc(F)cc1)C1CCN(C(=O)c2ccn(-c3ccccc3F)n2)CC1. The fourth-order valence-corrected chi connectivity index (χ4v) is 3.65. The van der Waals surface area contributed by atoms with Gasteiger partial charge in [-0.3, -0.25) is 9.59 Å². The van der Waals surface area contributed by atoms with Gasteiger partial charge in [0.05, 0.1) is 0 Å². The lowest BCUT2D eigenvalue weighted by Gasteiger charge is -2.30. The summed E-state index contributed by atoms with van der Waals surface area (Å²) < 4.78 is 28.2.